The van der Waals surface area contributed by atoms with Crippen LogP contribution in [0.3, 0.4) is 0 Å². The molecule has 0 saturated heterocycles. The third-order valence-corrected chi connectivity index (χ3v) is 5.61. The molecule has 4 rings (SSSR count). The molecule has 0 saturated carbocycles. The maximum atomic E-state index is 13.2. The van der Waals surface area contributed by atoms with Gasteiger partial charge in [-0.25, -0.2) is 4.98 Å². The summed E-state index contributed by atoms with van der Waals surface area (Å²) in [5.74, 6) is 0.365. The second kappa shape index (κ2) is 8.46. The quantitative estimate of drug-likeness (QED) is 0.427. The lowest BCUT2D eigenvalue weighted by atomic mass is 9.98. The number of carbonyl (C=O) groups excluding carboxylic acids is 1. The van der Waals surface area contributed by atoms with Gasteiger partial charge in [-0.3, -0.25) is 9.78 Å². The number of carbonyl (C=O) groups is 1. The molecule has 1 amide bonds. The summed E-state index contributed by atoms with van der Waals surface area (Å²) in [6, 6.07) is 19.7. The van der Waals surface area contributed by atoms with Gasteiger partial charge in [-0.1, -0.05) is 44.2 Å². The SMILES string of the molecule is CC[C@@H](C)c1ccc(NC(=O)c2cc(-c3ccncc3)nc3c(C)cccc23)cc1. The summed E-state index contributed by atoms with van der Waals surface area (Å²) in [4.78, 5) is 22.2. The Bertz CT molecular complexity index is 1180. The first-order valence-corrected chi connectivity index (χ1v) is 10.3. The average Bonchev–Trinajstić information content (AvgIpc) is 2.79. The Morgan fingerprint density at radius 1 is 1.03 bits per heavy atom. The van der Waals surface area contributed by atoms with Gasteiger partial charge < -0.3 is 5.32 Å². The molecule has 2 heterocycles. The van der Waals surface area contributed by atoms with Crippen molar-refractivity contribution in [2.45, 2.75) is 33.1 Å². The van der Waals surface area contributed by atoms with E-state index in [1.807, 2.05) is 55.5 Å². The highest BCUT2D eigenvalue weighted by Crippen LogP contribution is 2.27. The number of hydrogen-bond acceptors (Lipinski definition) is 3. The van der Waals surface area contributed by atoms with E-state index in [2.05, 4.69) is 36.3 Å². The highest BCUT2D eigenvalue weighted by Gasteiger charge is 2.15. The smallest absolute Gasteiger partial charge is 0.256 e. The van der Waals surface area contributed by atoms with E-state index in [1.54, 1.807) is 12.4 Å². The van der Waals surface area contributed by atoms with E-state index in [9.17, 15) is 4.79 Å². The molecule has 0 bridgehead atoms. The van der Waals surface area contributed by atoms with Crippen LogP contribution in [-0.4, -0.2) is 15.9 Å². The molecule has 0 fully saturated rings. The Labute approximate surface area is 177 Å². The van der Waals surface area contributed by atoms with E-state index in [4.69, 9.17) is 4.98 Å². The highest BCUT2D eigenvalue weighted by atomic mass is 16.1. The Morgan fingerprint density at radius 2 is 1.77 bits per heavy atom. The molecule has 0 aliphatic carbocycles. The monoisotopic (exact) mass is 395 g/mol. The van der Waals surface area contributed by atoms with Crippen LogP contribution in [-0.2, 0) is 0 Å². The van der Waals surface area contributed by atoms with Crippen molar-refractivity contribution < 1.29 is 4.79 Å². The number of nitrogens with one attached hydrogen (secondary N) is 1. The number of hydrogen-bond donors (Lipinski definition) is 1. The third kappa shape index (κ3) is 3.94. The van der Waals surface area contributed by atoms with Gasteiger partial charge in [-0.2, -0.15) is 0 Å². The zero-order valence-electron chi connectivity index (χ0n) is 17.5. The fourth-order valence-electron chi connectivity index (χ4n) is 3.58. The predicted octanol–water partition coefficient (Wildman–Crippen LogP) is 6.37. The van der Waals surface area contributed by atoms with E-state index in [1.165, 1.54) is 5.56 Å². The van der Waals surface area contributed by atoms with Crippen molar-refractivity contribution in [3.63, 3.8) is 0 Å². The van der Waals surface area contributed by atoms with E-state index in [-0.39, 0.29) is 5.91 Å². The molecule has 0 spiro atoms. The number of aromatic nitrogens is 2. The molecule has 150 valence electrons. The number of aryl methyl sites for hydroxylation is 1. The number of anilines is 1. The van der Waals surface area contributed by atoms with Crippen molar-refractivity contribution in [1.29, 1.82) is 0 Å². The standard InChI is InChI=1S/C26H25N3O/c1-4-17(2)19-8-10-21(11-9-19)28-26(30)23-16-24(20-12-14-27-15-13-20)29-25-18(3)6-5-7-22(23)25/h5-17H,4H2,1-3H3,(H,28,30)/t17-/m1/s1. The van der Waals surface area contributed by atoms with Crippen molar-refractivity contribution in [3.8, 4) is 11.3 Å². The number of para-hydroxylation sites is 1. The minimum Gasteiger partial charge on any atom is -0.322 e. The molecular formula is C26H25N3O. The predicted molar refractivity (Wildman–Crippen MR) is 123 cm³/mol. The van der Waals surface area contributed by atoms with Crippen molar-refractivity contribution in [1.82, 2.24) is 9.97 Å². The number of pyridine rings is 2. The topological polar surface area (TPSA) is 54.9 Å². The van der Waals surface area contributed by atoms with Gasteiger partial charge in [0.25, 0.3) is 5.91 Å². The van der Waals surface area contributed by atoms with Crippen LogP contribution in [0.1, 0.15) is 47.7 Å². The van der Waals surface area contributed by atoms with Crippen LogP contribution in [0.15, 0.2) is 73.1 Å². The maximum Gasteiger partial charge on any atom is 0.256 e. The largest absolute Gasteiger partial charge is 0.322 e. The Kier molecular flexibility index (Phi) is 5.57. The van der Waals surface area contributed by atoms with Crippen LogP contribution in [0.2, 0.25) is 0 Å². The van der Waals surface area contributed by atoms with E-state index < -0.39 is 0 Å². The van der Waals surface area contributed by atoms with Gasteiger partial charge in [-0.05, 0) is 60.7 Å². The molecule has 1 atom stereocenters. The van der Waals surface area contributed by atoms with E-state index in [0.717, 1.165) is 39.8 Å². The molecule has 0 unspecified atom stereocenters. The Hall–Kier alpha value is -3.53. The molecule has 4 aromatic rings. The van der Waals surface area contributed by atoms with Gasteiger partial charge in [-0.15, -0.1) is 0 Å². The zero-order valence-corrected chi connectivity index (χ0v) is 17.5. The van der Waals surface area contributed by atoms with Gasteiger partial charge >= 0.3 is 0 Å². The molecule has 0 radical (unpaired) electrons. The molecule has 1 N–H and O–H groups in total. The maximum absolute atomic E-state index is 13.2. The Morgan fingerprint density at radius 3 is 2.47 bits per heavy atom. The number of benzene rings is 2. The lowest BCUT2D eigenvalue weighted by Gasteiger charge is -2.13. The highest BCUT2D eigenvalue weighted by molar-refractivity contribution is 6.13. The van der Waals surface area contributed by atoms with Crippen molar-refractivity contribution in [2.75, 3.05) is 5.32 Å². The van der Waals surface area contributed by atoms with Crippen LogP contribution in [0, 0.1) is 6.92 Å². The average molecular weight is 396 g/mol. The van der Waals surface area contributed by atoms with Crippen molar-refractivity contribution in [2.24, 2.45) is 0 Å². The molecule has 2 aromatic carbocycles. The van der Waals surface area contributed by atoms with Gasteiger partial charge in [0.15, 0.2) is 0 Å². The third-order valence-electron chi connectivity index (χ3n) is 5.61. The second-order valence-corrected chi connectivity index (χ2v) is 7.65. The van der Waals surface area contributed by atoms with Gasteiger partial charge in [0.1, 0.15) is 0 Å². The van der Waals surface area contributed by atoms with Crippen LogP contribution in [0.5, 0.6) is 0 Å². The van der Waals surface area contributed by atoms with Gasteiger partial charge in [0, 0.05) is 29.0 Å². The molecule has 2 aromatic heterocycles. The molecule has 0 aliphatic heterocycles. The first-order valence-electron chi connectivity index (χ1n) is 10.3. The molecule has 0 aliphatic rings. The van der Waals surface area contributed by atoms with Gasteiger partial charge in [0.2, 0.25) is 0 Å². The van der Waals surface area contributed by atoms with Crippen molar-refractivity contribution in [3.05, 3.63) is 89.7 Å². The number of fused-ring (bicyclic) bond motifs is 1. The van der Waals surface area contributed by atoms with E-state index in [0.29, 0.717) is 11.5 Å². The normalized spacial score (nSPS) is 12.0. The Balaban J connectivity index is 1.73. The molecule has 4 heteroatoms. The molecule has 4 nitrogen and oxygen atoms in total. The van der Waals surface area contributed by atoms with Crippen LogP contribution in [0.25, 0.3) is 22.2 Å². The zero-order chi connectivity index (χ0) is 21.1. The first kappa shape index (κ1) is 19.8. The van der Waals surface area contributed by atoms with Crippen LogP contribution in [0.4, 0.5) is 5.69 Å². The van der Waals surface area contributed by atoms with Crippen molar-refractivity contribution >= 4 is 22.5 Å². The molecule has 30 heavy (non-hydrogen) atoms. The minimum absolute atomic E-state index is 0.139. The summed E-state index contributed by atoms with van der Waals surface area (Å²) >= 11 is 0. The fourth-order valence-corrected chi connectivity index (χ4v) is 3.58. The van der Waals surface area contributed by atoms with E-state index >= 15 is 0 Å². The van der Waals surface area contributed by atoms with Crippen LogP contribution < -0.4 is 5.32 Å². The number of rotatable bonds is 5. The second-order valence-electron chi connectivity index (χ2n) is 7.65. The first-order chi connectivity index (χ1) is 14.6. The lowest BCUT2D eigenvalue weighted by Crippen LogP contribution is -2.13. The fraction of sp³-hybridized carbons (Fsp3) is 0.192. The lowest BCUT2D eigenvalue weighted by molar-refractivity contribution is 0.102. The minimum atomic E-state index is -0.139. The summed E-state index contributed by atoms with van der Waals surface area (Å²) in [6.45, 7) is 6.40. The summed E-state index contributed by atoms with van der Waals surface area (Å²) < 4.78 is 0. The summed E-state index contributed by atoms with van der Waals surface area (Å²) in [6.07, 6.45) is 4.56. The summed E-state index contributed by atoms with van der Waals surface area (Å²) in [5.41, 5.74) is 6.25. The van der Waals surface area contributed by atoms with Gasteiger partial charge in [0.05, 0.1) is 16.8 Å². The number of nitrogens with zero attached hydrogens (tertiary/aromatic N) is 2. The summed E-state index contributed by atoms with van der Waals surface area (Å²) in [5, 5.41) is 3.90. The molecular weight excluding hydrogens is 370 g/mol. The summed E-state index contributed by atoms with van der Waals surface area (Å²) in [7, 11) is 0. The number of amides is 1. The van der Waals surface area contributed by atoms with Crippen LogP contribution >= 0.6 is 0 Å².